The van der Waals surface area contributed by atoms with Gasteiger partial charge in [0.15, 0.2) is 5.78 Å². The van der Waals surface area contributed by atoms with Gasteiger partial charge in [-0.1, -0.05) is 42.5 Å². The number of hydrogen-bond donors (Lipinski definition) is 3. The van der Waals surface area contributed by atoms with E-state index in [9.17, 15) is 22.8 Å². The van der Waals surface area contributed by atoms with Crippen LogP contribution >= 0.6 is 0 Å². The van der Waals surface area contributed by atoms with E-state index < -0.39 is 12.1 Å². The van der Waals surface area contributed by atoms with Crippen molar-refractivity contribution in [2.45, 2.75) is 44.7 Å². The van der Waals surface area contributed by atoms with Crippen molar-refractivity contribution in [3.63, 3.8) is 0 Å². The second-order valence-corrected chi connectivity index (χ2v) is 7.90. The van der Waals surface area contributed by atoms with Crippen LogP contribution in [0, 0.1) is 0 Å². The first kappa shape index (κ1) is 27.0. The molecule has 2 aromatic rings. The minimum absolute atomic E-state index is 0.0460. The number of amides is 1. The third-order valence-electron chi connectivity index (χ3n) is 5.30. The van der Waals surface area contributed by atoms with E-state index in [2.05, 4.69) is 28.8 Å². The van der Waals surface area contributed by atoms with Crippen LogP contribution in [-0.2, 0) is 28.9 Å². The van der Waals surface area contributed by atoms with Crippen LogP contribution in [0.2, 0.25) is 0 Å². The summed E-state index contributed by atoms with van der Waals surface area (Å²) in [6.45, 7) is 2.59. The summed E-state index contributed by atoms with van der Waals surface area (Å²) in [5, 5.41) is 13.4. The number of carbonyl (C=O) groups is 3. The zero-order chi connectivity index (χ0) is 25.0. The molecule has 0 aromatic heterocycles. The van der Waals surface area contributed by atoms with E-state index >= 15 is 0 Å². The van der Waals surface area contributed by atoms with Crippen molar-refractivity contribution in [1.82, 2.24) is 10.6 Å². The maximum absolute atomic E-state index is 12.4. The van der Waals surface area contributed by atoms with Gasteiger partial charge in [0.25, 0.3) is 0 Å². The quantitative estimate of drug-likeness (QED) is 0.397. The molecule has 0 radical (unpaired) electrons. The number of ketones is 1. The molecule has 0 aliphatic carbocycles. The number of halogens is 3. The Morgan fingerprint density at radius 1 is 0.941 bits per heavy atom. The van der Waals surface area contributed by atoms with Gasteiger partial charge in [0.2, 0.25) is 5.91 Å². The number of aliphatic carboxylic acids is 1. The first-order chi connectivity index (χ1) is 16.2. The molecule has 1 amide bonds. The number of hydrogen-bond acceptors (Lipinski definition) is 4. The van der Waals surface area contributed by atoms with Crippen LogP contribution in [0.5, 0.6) is 0 Å². The zero-order valence-corrected chi connectivity index (χ0v) is 18.8. The van der Waals surface area contributed by atoms with Gasteiger partial charge in [-0.3, -0.25) is 9.59 Å². The number of carboxylic acids is 1. The number of carbonyl (C=O) groups excluding carboxylic acids is 2. The number of aryl methyl sites for hydroxylation is 1. The van der Waals surface area contributed by atoms with Crippen molar-refractivity contribution in [1.29, 1.82) is 0 Å². The fourth-order valence-corrected chi connectivity index (χ4v) is 3.47. The third kappa shape index (κ3) is 9.74. The Balaban J connectivity index is 0.000000509. The molecule has 1 aliphatic rings. The summed E-state index contributed by atoms with van der Waals surface area (Å²) in [5.74, 6) is -2.75. The highest BCUT2D eigenvalue weighted by molar-refractivity contribution is 5.98. The maximum atomic E-state index is 12.4. The standard InChI is InChI=1S/C23H28N2O2.C2HF3O2/c26-22(21-9-8-19-12-15-24-16-13-20(19)17-21)10-11-23(27)25-14-4-7-18-5-2-1-3-6-18;3-2(4,5)1(6)7/h1-3,5-6,8-9,17,24H,4,7,10-16H2,(H,25,27);(H,6,7). The number of rotatable bonds is 8. The summed E-state index contributed by atoms with van der Waals surface area (Å²) in [7, 11) is 0. The fraction of sp³-hybridized carbons (Fsp3) is 0.400. The molecule has 34 heavy (non-hydrogen) atoms. The minimum atomic E-state index is -5.08. The molecule has 1 heterocycles. The first-order valence-corrected chi connectivity index (χ1v) is 11.1. The predicted molar refractivity (Wildman–Crippen MR) is 122 cm³/mol. The number of fused-ring (bicyclic) bond motifs is 1. The molecule has 0 fully saturated rings. The van der Waals surface area contributed by atoms with Crippen molar-refractivity contribution < 1.29 is 32.7 Å². The number of benzene rings is 2. The molecule has 0 unspecified atom stereocenters. The highest BCUT2D eigenvalue weighted by Crippen LogP contribution is 2.17. The molecule has 0 saturated heterocycles. The van der Waals surface area contributed by atoms with E-state index in [1.165, 1.54) is 16.7 Å². The summed E-state index contributed by atoms with van der Waals surface area (Å²) < 4.78 is 31.7. The maximum Gasteiger partial charge on any atom is 0.490 e. The molecule has 2 aromatic carbocycles. The molecule has 3 N–H and O–H groups in total. The van der Waals surface area contributed by atoms with Crippen molar-refractivity contribution in [3.05, 3.63) is 70.8 Å². The van der Waals surface area contributed by atoms with Crippen LogP contribution in [0.3, 0.4) is 0 Å². The van der Waals surface area contributed by atoms with Crippen molar-refractivity contribution in [3.8, 4) is 0 Å². The van der Waals surface area contributed by atoms with E-state index in [1.807, 2.05) is 30.3 Å². The highest BCUT2D eigenvalue weighted by Gasteiger charge is 2.38. The summed E-state index contributed by atoms with van der Waals surface area (Å²) in [6, 6.07) is 16.2. The molecule has 3 rings (SSSR count). The lowest BCUT2D eigenvalue weighted by Gasteiger charge is -2.08. The van der Waals surface area contributed by atoms with Gasteiger partial charge in [-0.05, 0) is 61.5 Å². The van der Waals surface area contributed by atoms with E-state index in [1.54, 1.807) is 0 Å². The Labute approximate surface area is 196 Å². The van der Waals surface area contributed by atoms with Crippen LogP contribution in [0.25, 0.3) is 0 Å². The lowest BCUT2D eigenvalue weighted by Crippen LogP contribution is -2.25. The first-order valence-electron chi connectivity index (χ1n) is 11.1. The monoisotopic (exact) mass is 478 g/mol. The van der Waals surface area contributed by atoms with Crippen molar-refractivity contribution in [2.75, 3.05) is 19.6 Å². The Morgan fingerprint density at radius 2 is 1.59 bits per heavy atom. The van der Waals surface area contributed by atoms with Crippen LogP contribution in [0.1, 0.15) is 46.3 Å². The van der Waals surface area contributed by atoms with E-state index in [-0.39, 0.29) is 24.5 Å². The Kier molecular flexibility index (Phi) is 10.7. The van der Waals surface area contributed by atoms with Gasteiger partial charge in [-0.25, -0.2) is 4.79 Å². The van der Waals surface area contributed by atoms with Gasteiger partial charge in [0.05, 0.1) is 0 Å². The third-order valence-corrected chi connectivity index (χ3v) is 5.30. The largest absolute Gasteiger partial charge is 0.490 e. The summed E-state index contributed by atoms with van der Waals surface area (Å²) in [5.41, 5.74) is 4.59. The van der Waals surface area contributed by atoms with Crippen LogP contribution in [0.15, 0.2) is 48.5 Å². The van der Waals surface area contributed by atoms with Gasteiger partial charge >= 0.3 is 12.1 Å². The zero-order valence-electron chi connectivity index (χ0n) is 18.8. The molecule has 0 atom stereocenters. The minimum Gasteiger partial charge on any atom is -0.475 e. The summed E-state index contributed by atoms with van der Waals surface area (Å²) in [6.07, 6.45) is -0.746. The molecule has 184 valence electrons. The Morgan fingerprint density at radius 3 is 2.24 bits per heavy atom. The van der Waals surface area contributed by atoms with Gasteiger partial charge in [0.1, 0.15) is 0 Å². The average Bonchev–Trinajstić information content (AvgIpc) is 3.05. The van der Waals surface area contributed by atoms with Crippen LogP contribution in [-0.4, -0.2) is 48.6 Å². The molecule has 1 aliphatic heterocycles. The van der Waals surface area contributed by atoms with Gasteiger partial charge in [-0.15, -0.1) is 0 Å². The van der Waals surface area contributed by atoms with Crippen LogP contribution < -0.4 is 10.6 Å². The second kappa shape index (κ2) is 13.5. The van der Waals surface area contributed by atoms with Gasteiger partial charge < -0.3 is 15.7 Å². The van der Waals surface area contributed by atoms with E-state index in [0.717, 1.165) is 44.3 Å². The molecule has 0 bridgehead atoms. The van der Waals surface area contributed by atoms with Crippen LogP contribution in [0.4, 0.5) is 13.2 Å². The summed E-state index contributed by atoms with van der Waals surface area (Å²) >= 11 is 0. The molecular weight excluding hydrogens is 449 g/mol. The van der Waals surface area contributed by atoms with Crippen molar-refractivity contribution in [2.24, 2.45) is 0 Å². The molecule has 6 nitrogen and oxygen atoms in total. The van der Waals surface area contributed by atoms with Gasteiger partial charge in [0, 0.05) is 24.9 Å². The SMILES string of the molecule is O=C(CCC(=O)c1ccc2c(c1)CCNCC2)NCCCc1ccccc1.O=C(O)C(F)(F)F. The van der Waals surface area contributed by atoms with E-state index in [4.69, 9.17) is 9.90 Å². The lowest BCUT2D eigenvalue weighted by molar-refractivity contribution is -0.192. The predicted octanol–water partition coefficient (Wildman–Crippen LogP) is 3.72. The summed E-state index contributed by atoms with van der Waals surface area (Å²) in [4.78, 5) is 33.3. The number of alkyl halides is 3. The number of nitrogens with one attached hydrogen (secondary N) is 2. The molecule has 0 saturated carbocycles. The Hall–Kier alpha value is -3.20. The second-order valence-electron chi connectivity index (χ2n) is 7.90. The number of carboxylic acid groups (broad SMARTS) is 1. The van der Waals surface area contributed by atoms with E-state index in [0.29, 0.717) is 6.54 Å². The van der Waals surface area contributed by atoms with Crippen molar-refractivity contribution >= 4 is 17.7 Å². The van der Waals surface area contributed by atoms with Gasteiger partial charge in [-0.2, -0.15) is 13.2 Å². The average molecular weight is 479 g/mol. The smallest absolute Gasteiger partial charge is 0.475 e. The number of Topliss-reactive ketones (excluding diaryl/α,β-unsaturated/α-hetero) is 1. The molecular formula is C25H29F3N2O4. The Bertz CT molecular complexity index is 962. The normalized spacial score (nSPS) is 13.0. The molecule has 0 spiro atoms. The lowest BCUT2D eigenvalue weighted by atomic mass is 9.97. The highest BCUT2D eigenvalue weighted by atomic mass is 19.4. The molecule has 9 heteroatoms. The fourth-order valence-electron chi connectivity index (χ4n) is 3.47. The topological polar surface area (TPSA) is 95.5 Å².